The van der Waals surface area contributed by atoms with Crippen LogP contribution in [0.5, 0.6) is 0 Å². The Kier molecular flexibility index (Phi) is 5.08. The summed E-state index contributed by atoms with van der Waals surface area (Å²) in [5.74, 6) is 0.469. The molecular weight excluding hydrogens is 316 g/mol. The predicted octanol–water partition coefficient (Wildman–Crippen LogP) is 2.36. The van der Waals surface area contributed by atoms with Crippen molar-refractivity contribution in [2.75, 3.05) is 26.7 Å². The van der Waals surface area contributed by atoms with Gasteiger partial charge < -0.3 is 9.80 Å². The molecule has 6 nitrogen and oxygen atoms in total. The first-order valence-corrected chi connectivity index (χ1v) is 9.15. The van der Waals surface area contributed by atoms with Gasteiger partial charge in [-0.15, -0.1) is 0 Å². The van der Waals surface area contributed by atoms with Crippen molar-refractivity contribution >= 4 is 11.9 Å². The Morgan fingerprint density at radius 1 is 1.24 bits per heavy atom. The van der Waals surface area contributed by atoms with Gasteiger partial charge in [-0.3, -0.25) is 14.7 Å². The molecule has 0 radical (unpaired) electrons. The molecule has 3 rings (SSSR count). The molecule has 3 amide bonds. The highest BCUT2D eigenvalue weighted by Crippen LogP contribution is 2.38. The van der Waals surface area contributed by atoms with Crippen LogP contribution in [0.2, 0.25) is 0 Å². The zero-order valence-corrected chi connectivity index (χ0v) is 15.4. The van der Waals surface area contributed by atoms with Gasteiger partial charge in [0.15, 0.2) is 0 Å². The number of pyridine rings is 1. The molecule has 0 aliphatic carbocycles. The lowest BCUT2D eigenvalue weighted by molar-refractivity contribution is -0.135. The highest BCUT2D eigenvalue weighted by atomic mass is 16.2. The highest BCUT2D eigenvalue weighted by Gasteiger charge is 2.57. The minimum atomic E-state index is -0.652. The van der Waals surface area contributed by atoms with Gasteiger partial charge in [0.1, 0.15) is 5.54 Å². The lowest BCUT2D eigenvalue weighted by Gasteiger charge is -2.41. The van der Waals surface area contributed by atoms with Gasteiger partial charge in [-0.2, -0.15) is 0 Å². The maximum atomic E-state index is 13.3. The first kappa shape index (κ1) is 17.9. The summed E-state index contributed by atoms with van der Waals surface area (Å²) in [6.07, 6.45) is 5.77. The van der Waals surface area contributed by atoms with E-state index in [1.807, 2.05) is 17.0 Å². The fourth-order valence-electron chi connectivity index (χ4n) is 3.77. The highest BCUT2D eigenvalue weighted by molar-refractivity contribution is 6.07. The summed E-state index contributed by atoms with van der Waals surface area (Å²) in [4.78, 5) is 36.0. The number of likely N-dealkylation sites (tertiary alicyclic amines) is 1. The first-order valence-electron chi connectivity index (χ1n) is 9.15. The number of amides is 3. The molecule has 1 spiro atoms. The Bertz CT molecular complexity index is 624. The predicted molar refractivity (Wildman–Crippen MR) is 95.8 cm³/mol. The Labute approximate surface area is 149 Å². The number of hydrogen-bond acceptors (Lipinski definition) is 4. The van der Waals surface area contributed by atoms with Crippen LogP contribution in [0.3, 0.4) is 0 Å². The summed E-state index contributed by atoms with van der Waals surface area (Å²) in [6.45, 7) is 6.95. The Morgan fingerprint density at radius 2 is 1.96 bits per heavy atom. The molecule has 2 aliphatic heterocycles. The molecular formula is C19H28N4O2. The number of carbonyl (C=O) groups excluding carboxylic acids is 2. The van der Waals surface area contributed by atoms with E-state index in [1.54, 1.807) is 12.4 Å². The van der Waals surface area contributed by atoms with Gasteiger partial charge in [-0.05, 0) is 43.9 Å². The van der Waals surface area contributed by atoms with Crippen LogP contribution >= 0.6 is 0 Å². The van der Waals surface area contributed by atoms with Crippen molar-refractivity contribution < 1.29 is 9.59 Å². The van der Waals surface area contributed by atoms with Gasteiger partial charge in [0.25, 0.3) is 5.91 Å². The lowest BCUT2D eigenvalue weighted by atomic mass is 9.85. The van der Waals surface area contributed by atoms with E-state index in [-0.39, 0.29) is 11.9 Å². The van der Waals surface area contributed by atoms with E-state index >= 15 is 0 Å². The fourth-order valence-corrected chi connectivity index (χ4v) is 3.77. The smallest absolute Gasteiger partial charge is 0.309 e. The van der Waals surface area contributed by atoms with E-state index in [2.05, 4.69) is 30.8 Å². The standard InChI is InChI=1S/C19H28N4O2/c1-15(2)6-10-23-18(25)22(14-16-5-4-9-20-13-16)17(24)19(23)7-11-21(3)12-8-19/h4-5,9,13,15H,6-8,10-12,14H2,1-3H3. The van der Waals surface area contributed by atoms with Crippen molar-refractivity contribution in [1.29, 1.82) is 0 Å². The topological polar surface area (TPSA) is 56.8 Å². The molecule has 1 aromatic heterocycles. The first-order chi connectivity index (χ1) is 11.9. The number of rotatable bonds is 5. The van der Waals surface area contributed by atoms with Crippen LogP contribution in [0.25, 0.3) is 0 Å². The lowest BCUT2D eigenvalue weighted by Crippen LogP contribution is -2.56. The van der Waals surface area contributed by atoms with Gasteiger partial charge in [0.2, 0.25) is 0 Å². The zero-order chi connectivity index (χ0) is 18.0. The summed E-state index contributed by atoms with van der Waals surface area (Å²) < 4.78 is 0. The number of imide groups is 1. The Hall–Kier alpha value is -1.95. The number of urea groups is 1. The van der Waals surface area contributed by atoms with E-state index in [1.165, 1.54) is 4.90 Å². The average molecular weight is 344 g/mol. The summed E-state index contributed by atoms with van der Waals surface area (Å²) in [5.41, 5.74) is 0.235. The van der Waals surface area contributed by atoms with E-state index < -0.39 is 5.54 Å². The Balaban J connectivity index is 1.86. The molecule has 2 fully saturated rings. The Morgan fingerprint density at radius 3 is 2.56 bits per heavy atom. The molecule has 2 saturated heterocycles. The maximum Gasteiger partial charge on any atom is 0.327 e. The molecule has 0 N–H and O–H groups in total. The van der Waals surface area contributed by atoms with Crippen LogP contribution in [-0.4, -0.2) is 63.8 Å². The summed E-state index contributed by atoms with van der Waals surface area (Å²) >= 11 is 0. The van der Waals surface area contributed by atoms with Crippen molar-refractivity contribution in [2.24, 2.45) is 5.92 Å². The van der Waals surface area contributed by atoms with Gasteiger partial charge in [0.05, 0.1) is 6.54 Å². The quantitative estimate of drug-likeness (QED) is 0.770. The molecule has 25 heavy (non-hydrogen) atoms. The number of aromatic nitrogens is 1. The fraction of sp³-hybridized carbons (Fsp3) is 0.632. The second kappa shape index (κ2) is 7.12. The monoisotopic (exact) mass is 344 g/mol. The van der Waals surface area contributed by atoms with Crippen LogP contribution < -0.4 is 0 Å². The largest absolute Gasteiger partial charge is 0.327 e. The minimum absolute atomic E-state index is 0.0294. The molecule has 3 heterocycles. The number of piperidine rings is 1. The zero-order valence-electron chi connectivity index (χ0n) is 15.4. The molecule has 0 aromatic carbocycles. The second-order valence-corrected chi connectivity index (χ2v) is 7.70. The van der Waals surface area contributed by atoms with E-state index in [4.69, 9.17) is 0 Å². The third-order valence-electron chi connectivity index (χ3n) is 5.43. The van der Waals surface area contributed by atoms with Crippen LogP contribution in [0.15, 0.2) is 24.5 Å². The van der Waals surface area contributed by atoms with E-state index in [9.17, 15) is 9.59 Å². The third kappa shape index (κ3) is 3.40. The summed E-state index contributed by atoms with van der Waals surface area (Å²) in [7, 11) is 2.07. The van der Waals surface area contributed by atoms with Gasteiger partial charge >= 0.3 is 6.03 Å². The van der Waals surface area contributed by atoms with Crippen molar-refractivity contribution in [3.05, 3.63) is 30.1 Å². The number of carbonyl (C=O) groups is 2. The van der Waals surface area contributed by atoms with Crippen molar-refractivity contribution in [3.8, 4) is 0 Å². The maximum absolute atomic E-state index is 13.3. The molecule has 2 aliphatic rings. The number of hydrogen-bond donors (Lipinski definition) is 0. The minimum Gasteiger partial charge on any atom is -0.309 e. The SMILES string of the molecule is CC(C)CCN1C(=O)N(Cc2cccnc2)C(=O)C12CCN(C)CC2. The number of nitrogens with zero attached hydrogens (tertiary/aromatic N) is 4. The molecule has 0 atom stereocenters. The molecule has 136 valence electrons. The van der Waals surface area contributed by atoms with E-state index in [0.717, 1.165) is 37.9 Å². The van der Waals surface area contributed by atoms with Crippen LogP contribution in [0.4, 0.5) is 4.79 Å². The van der Waals surface area contributed by atoms with Crippen molar-refractivity contribution in [1.82, 2.24) is 19.7 Å². The molecule has 6 heteroatoms. The normalized spacial score (nSPS) is 21.0. The molecule has 1 aromatic rings. The molecule has 0 saturated carbocycles. The van der Waals surface area contributed by atoms with Crippen LogP contribution in [0.1, 0.15) is 38.7 Å². The van der Waals surface area contributed by atoms with Gasteiger partial charge in [-0.1, -0.05) is 19.9 Å². The van der Waals surface area contributed by atoms with Crippen LogP contribution in [-0.2, 0) is 11.3 Å². The second-order valence-electron chi connectivity index (χ2n) is 7.70. The average Bonchev–Trinajstić information content (AvgIpc) is 2.78. The van der Waals surface area contributed by atoms with Crippen LogP contribution in [0, 0.1) is 5.92 Å². The van der Waals surface area contributed by atoms with Gasteiger partial charge in [-0.25, -0.2) is 4.79 Å². The van der Waals surface area contributed by atoms with Crippen molar-refractivity contribution in [3.63, 3.8) is 0 Å². The van der Waals surface area contributed by atoms with Gasteiger partial charge in [0, 0.05) is 32.0 Å². The summed E-state index contributed by atoms with van der Waals surface area (Å²) in [5, 5.41) is 0. The van der Waals surface area contributed by atoms with E-state index in [0.29, 0.717) is 19.0 Å². The third-order valence-corrected chi connectivity index (χ3v) is 5.43. The molecule has 0 bridgehead atoms. The molecule has 0 unspecified atom stereocenters. The summed E-state index contributed by atoms with van der Waals surface area (Å²) in [6, 6.07) is 3.60. The van der Waals surface area contributed by atoms with Crippen molar-refractivity contribution in [2.45, 2.75) is 45.2 Å².